The van der Waals surface area contributed by atoms with Crippen molar-refractivity contribution in [2.24, 2.45) is 16.6 Å². The van der Waals surface area contributed by atoms with Crippen LogP contribution in [0.25, 0.3) is 5.82 Å². The van der Waals surface area contributed by atoms with Gasteiger partial charge in [-0.15, -0.1) is 0 Å². The van der Waals surface area contributed by atoms with Gasteiger partial charge in [0.1, 0.15) is 23.8 Å². The van der Waals surface area contributed by atoms with Crippen molar-refractivity contribution in [1.29, 1.82) is 0 Å². The summed E-state index contributed by atoms with van der Waals surface area (Å²) in [6.45, 7) is 0.573. The molecule has 3 heterocycles. The fourth-order valence-electron chi connectivity index (χ4n) is 3.92. The number of aromatic nitrogens is 2. The minimum Gasteiger partial charge on any atom is -0.385 e. The molecule has 1 aliphatic carbocycles. The Labute approximate surface area is 141 Å². The molecule has 24 heavy (non-hydrogen) atoms. The van der Waals surface area contributed by atoms with Crippen LogP contribution >= 0.6 is 0 Å². The van der Waals surface area contributed by atoms with Crippen LogP contribution in [-0.4, -0.2) is 16.2 Å². The molecule has 1 fully saturated rings. The summed E-state index contributed by atoms with van der Waals surface area (Å²) in [6, 6.07) is 6.59. The summed E-state index contributed by atoms with van der Waals surface area (Å²) in [6.07, 6.45) is 10.0. The molecule has 4 rings (SSSR count). The van der Waals surface area contributed by atoms with E-state index >= 15 is 0 Å². The van der Waals surface area contributed by atoms with Crippen LogP contribution in [0.1, 0.15) is 37.3 Å². The number of hydrogen-bond donors (Lipinski definition) is 3. The second-order valence-electron chi connectivity index (χ2n) is 6.83. The first-order valence-electron chi connectivity index (χ1n) is 8.66. The molecule has 0 saturated heterocycles. The number of nitrogens with one attached hydrogen (secondary N) is 1. The van der Waals surface area contributed by atoms with Gasteiger partial charge in [-0.2, -0.15) is 0 Å². The molecule has 2 unspecified atom stereocenters. The van der Waals surface area contributed by atoms with Gasteiger partial charge >= 0.3 is 0 Å². The number of nitrogens with two attached hydrogens (primary N) is 2. The van der Waals surface area contributed by atoms with E-state index in [9.17, 15) is 0 Å². The Balaban J connectivity index is 1.42. The summed E-state index contributed by atoms with van der Waals surface area (Å²) in [4.78, 5) is 8.78. The predicted octanol–water partition coefficient (Wildman–Crippen LogP) is 0.644. The van der Waals surface area contributed by atoms with Crippen molar-refractivity contribution in [3.05, 3.63) is 46.9 Å². The fourth-order valence-corrected chi connectivity index (χ4v) is 3.92. The first-order valence-corrected chi connectivity index (χ1v) is 8.66. The summed E-state index contributed by atoms with van der Waals surface area (Å²) in [5.74, 6) is 2.09. The van der Waals surface area contributed by atoms with Gasteiger partial charge < -0.3 is 21.4 Å². The van der Waals surface area contributed by atoms with Crippen molar-refractivity contribution in [3.8, 4) is 0 Å². The van der Waals surface area contributed by atoms with Gasteiger partial charge in [0.15, 0.2) is 0 Å². The molecular formula is C18H24N6. The van der Waals surface area contributed by atoms with E-state index in [1.165, 1.54) is 31.2 Å². The second-order valence-corrected chi connectivity index (χ2v) is 6.83. The Bertz CT molecular complexity index is 835. The minimum atomic E-state index is 0.540. The highest BCUT2D eigenvalue weighted by Crippen LogP contribution is 2.36. The van der Waals surface area contributed by atoms with Crippen LogP contribution in [0.4, 0.5) is 5.82 Å². The lowest BCUT2D eigenvalue weighted by Gasteiger charge is -2.15. The molecular weight excluding hydrogens is 300 g/mol. The predicted molar refractivity (Wildman–Crippen MR) is 94.2 cm³/mol. The van der Waals surface area contributed by atoms with E-state index in [2.05, 4.69) is 38.2 Å². The lowest BCUT2D eigenvalue weighted by Crippen LogP contribution is -2.43. The molecule has 2 atom stereocenters. The molecule has 0 spiro atoms. The number of fused-ring (bicyclic) bond motifs is 1. The van der Waals surface area contributed by atoms with Gasteiger partial charge in [0.2, 0.25) is 0 Å². The van der Waals surface area contributed by atoms with Crippen LogP contribution < -0.4 is 27.5 Å². The Hall–Kier alpha value is -2.50. The fraction of sp³-hybridized carbons (Fsp3) is 0.444. The lowest BCUT2D eigenvalue weighted by atomic mass is 9.98. The number of rotatable bonds is 4. The molecule has 1 saturated carbocycles. The van der Waals surface area contributed by atoms with Gasteiger partial charge in [-0.3, -0.25) is 0 Å². The SMILES string of the molecule is NC1=c2ccn(C3CCC(CCc4ccc(N)nc4)C3)c2=NCN1. The minimum absolute atomic E-state index is 0.540. The van der Waals surface area contributed by atoms with E-state index in [1.807, 2.05) is 12.3 Å². The molecule has 0 radical (unpaired) electrons. The van der Waals surface area contributed by atoms with Crippen molar-refractivity contribution in [1.82, 2.24) is 14.9 Å². The lowest BCUT2D eigenvalue weighted by molar-refractivity contribution is 0.446. The number of aryl methyl sites for hydroxylation is 1. The van der Waals surface area contributed by atoms with E-state index in [0.29, 0.717) is 18.5 Å². The molecule has 2 aromatic rings. The number of hydrogen-bond acceptors (Lipinski definition) is 5. The molecule has 0 aromatic carbocycles. The van der Waals surface area contributed by atoms with Gasteiger partial charge in [0.25, 0.3) is 0 Å². The van der Waals surface area contributed by atoms with E-state index < -0.39 is 0 Å². The van der Waals surface area contributed by atoms with Crippen molar-refractivity contribution in [2.45, 2.75) is 38.1 Å². The Morgan fingerprint density at radius 3 is 2.96 bits per heavy atom. The zero-order chi connectivity index (χ0) is 16.5. The van der Waals surface area contributed by atoms with Gasteiger partial charge in [-0.1, -0.05) is 6.07 Å². The summed E-state index contributed by atoms with van der Waals surface area (Å²) in [7, 11) is 0. The van der Waals surface area contributed by atoms with Crippen LogP contribution in [-0.2, 0) is 6.42 Å². The molecule has 2 aliphatic rings. The highest BCUT2D eigenvalue weighted by molar-refractivity contribution is 5.38. The molecule has 5 N–H and O–H groups in total. The molecule has 0 amide bonds. The van der Waals surface area contributed by atoms with Crippen molar-refractivity contribution in [3.63, 3.8) is 0 Å². The number of nitrogens with zero attached hydrogens (tertiary/aromatic N) is 3. The number of nitrogen functional groups attached to an aromatic ring is 1. The first-order chi connectivity index (χ1) is 11.7. The monoisotopic (exact) mass is 324 g/mol. The number of anilines is 1. The molecule has 6 heteroatoms. The largest absolute Gasteiger partial charge is 0.385 e. The van der Waals surface area contributed by atoms with Gasteiger partial charge in [-0.25, -0.2) is 9.98 Å². The molecule has 2 aromatic heterocycles. The van der Waals surface area contributed by atoms with Gasteiger partial charge in [0, 0.05) is 18.4 Å². The normalized spacial score (nSPS) is 22.8. The van der Waals surface area contributed by atoms with Crippen molar-refractivity contribution >= 4 is 11.6 Å². The Morgan fingerprint density at radius 1 is 1.21 bits per heavy atom. The third-order valence-electron chi connectivity index (χ3n) is 5.27. The third kappa shape index (κ3) is 2.84. The summed E-state index contributed by atoms with van der Waals surface area (Å²) < 4.78 is 2.33. The van der Waals surface area contributed by atoms with E-state index in [-0.39, 0.29) is 0 Å². The quantitative estimate of drug-likeness (QED) is 0.769. The van der Waals surface area contributed by atoms with Crippen molar-refractivity contribution in [2.75, 3.05) is 12.4 Å². The molecule has 1 aliphatic heterocycles. The highest BCUT2D eigenvalue weighted by Gasteiger charge is 2.26. The maximum absolute atomic E-state index is 6.03. The van der Waals surface area contributed by atoms with Gasteiger partial charge in [0.05, 0.1) is 5.22 Å². The summed E-state index contributed by atoms with van der Waals surface area (Å²) >= 11 is 0. The standard InChI is InChI=1S/C18H24N6/c19-16-6-4-13(10-21-16)2-1-12-3-5-14(9-12)24-8-7-15-17(20)22-11-23-18(15)24/h4,6-8,10,12,14,22H,1-3,5,9,11,20H2,(H2,19,21). The van der Waals surface area contributed by atoms with Crippen LogP contribution in [0.15, 0.2) is 35.6 Å². The van der Waals surface area contributed by atoms with Crippen LogP contribution in [0.3, 0.4) is 0 Å². The number of pyridine rings is 1. The van der Waals surface area contributed by atoms with Crippen LogP contribution in [0, 0.1) is 5.92 Å². The van der Waals surface area contributed by atoms with Crippen LogP contribution in [0.2, 0.25) is 0 Å². The average Bonchev–Trinajstić information content (AvgIpc) is 3.21. The Kier molecular flexibility index (Phi) is 3.88. The summed E-state index contributed by atoms with van der Waals surface area (Å²) in [5.41, 5.74) is 14.0. The third-order valence-corrected chi connectivity index (χ3v) is 5.27. The van der Waals surface area contributed by atoms with Crippen LogP contribution in [0.5, 0.6) is 0 Å². The van der Waals surface area contributed by atoms with Crippen molar-refractivity contribution < 1.29 is 0 Å². The first kappa shape index (κ1) is 15.1. The van der Waals surface area contributed by atoms with E-state index in [1.54, 1.807) is 0 Å². The maximum Gasteiger partial charge on any atom is 0.140 e. The Morgan fingerprint density at radius 2 is 2.12 bits per heavy atom. The van der Waals surface area contributed by atoms with E-state index in [0.717, 1.165) is 28.9 Å². The smallest absolute Gasteiger partial charge is 0.140 e. The van der Waals surface area contributed by atoms with Gasteiger partial charge in [-0.05, 0) is 55.7 Å². The second kappa shape index (κ2) is 6.19. The zero-order valence-electron chi connectivity index (χ0n) is 13.8. The maximum atomic E-state index is 6.03. The highest BCUT2D eigenvalue weighted by atomic mass is 15.1. The topological polar surface area (TPSA) is 94.2 Å². The molecule has 0 bridgehead atoms. The average molecular weight is 324 g/mol. The molecule has 6 nitrogen and oxygen atoms in total. The van der Waals surface area contributed by atoms with E-state index in [4.69, 9.17) is 11.5 Å². The zero-order valence-corrected chi connectivity index (χ0v) is 13.8. The molecule has 126 valence electrons. The summed E-state index contributed by atoms with van der Waals surface area (Å²) in [5, 5.41) is 4.13.